The molecule has 0 saturated carbocycles. The third-order valence-corrected chi connectivity index (χ3v) is 7.17. The third-order valence-electron chi connectivity index (χ3n) is 4.04. The number of thioether (sulfide) groups is 1. The van der Waals surface area contributed by atoms with Gasteiger partial charge in [0.2, 0.25) is 5.91 Å². The number of thiocarbonyl (C=S) groups is 1. The average Bonchev–Trinajstić information content (AvgIpc) is 3.35. The van der Waals surface area contributed by atoms with Gasteiger partial charge >= 0.3 is 0 Å². The predicted molar refractivity (Wildman–Crippen MR) is 122 cm³/mol. The Labute approximate surface area is 179 Å². The fourth-order valence-corrected chi connectivity index (χ4v) is 5.69. The molecule has 0 spiro atoms. The van der Waals surface area contributed by atoms with Crippen LogP contribution < -0.4 is 5.32 Å². The van der Waals surface area contributed by atoms with Crippen molar-refractivity contribution >= 4 is 84.2 Å². The summed E-state index contributed by atoms with van der Waals surface area (Å²) >= 11 is 9.59. The third kappa shape index (κ3) is 4.17. The molecule has 3 heterocycles. The van der Waals surface area contributed by atoms with Crippen LogP contribution in [0.1, 0.15) is 16.9 Å². The average molecular weight is 446 g/mol. The maximum Gasteiger partial charge on any atom is 0.266 e. The molecule has 142 valence electrons. The maximum absolute atomic E-state index is 12.6. The first-order valence-corrected chi connectivity index (χ1v) is 11.4. The van der Waals surface area contributed by atoms with E-state index in [9.17, 15) is 9.59 Å². The van der Waals surface area contributed by atoms with Crippen molar-refractivity contribution in [2.45, 2.75) is 13.3 Å². The Morgan fingerprint density at radius 1 is 1.36 bits per heavy atom. The molecule has 0 atom stereocenters. The normalized spacial score (nSPS) is 15.8. The largest absolute Gasteiger partial charge is 0.302 e. The minimum Gasteiger partial charge on any atom is -0.302 e. The van der Waals surface area contributed by atoms with E-state index >= 15 is 0 Å². The van der Waals surface area contributed by atoms with Crippen LogP contribution in [0.5, 0.6) is 0 Å². The number of amides is 2. The summed E-state index contributed by atoms with van der Waals surface area (Å²) < 4.78 is 1.52. The molecule has 0 aliphatic carbocycles. The Kier molecular flexibility index (Phi) is 5.58. The van der Waals surface area contributed by atoms with Gasteiger partial charge in [0.15, 0.2) is 5.13 Å². The zero-order valence-electron chi connectivity index (χ0n) is 14.8. The lowest BCUT2D eigenvalue weighted by Gasteiger charge is -2.13. The Bertz CT molecular complexity index is 1100. The van der Waals surface area contributed by atoms with E-state index in [-0.39, 0.29) is 24.8 Å². The second kappa shape index (κ2) is 8.12. The summed E-state index contributed by atoms with van der Waals surface area (Å²) in [7, 11) is 0. The zero-order chi connectivity index (χ0) is 19.7. The van der Waals surface area contributed by atoms with Gasteiger partial charge in [0.05, 0.1) is 15.1 Å². The van der Waals surface area contributed by atoms with Gasteiger partial charge in [-0.3, -0.25) is 14.5 Å². The van der Waals surface area contributed by atoms with E-state index in [2.05, 4.69) is 10.3 Å². The second-order valence-corrected chi connectivity index (χ2v) is 9.82. The summed E-state index contributed by atoms with van der Waals surface area (Å²) in [6, 6.07) is 9.86. The highest BCUT2D eigenvalue weighted by Crippen LogP contribution is 2.33. The number of rotatable bonds is 5. The standard InChI is InChI=1S/C19H15N3O2S4/c1-11-4-5-13-14(9-11)27-18(20-13)21-16(23)6-7-22-17(24)15(28-19(22)25)10-12-3-2-8-26-12/h2-5,8-10H,6-7H2,1H3,(H,20,21,23)/b15-10-. The number of thiophene rings is 1. The molecule has 0 unspecified atom stereocenters. The number of hydrogen-bond donors (Lipinski definition) is 1. The highest BCUT2D eigenvalue weighted by Gasteiger charge is 2.32. The van der Waals surface area contributed by atoms with Crippen molar-refractivity contribution < 1.29 is 9.59 Å². The van der Waals surface area contributed by atoms with Crippen molar-refractivity contribution in [2.24, 2.45) is 0 Å². The van der Waals surface area contributed by atoms with Crippen LogP contribution in [-0.2, 0) is 9.59 Å². The fraction of sp³-hybridized carbons (Fsp3) is 0.158. The molecular formula is C19H15N3O2S4. The molecule has 9 heteroatoms. The van der Waals surface area contributed by atoms with E-state index in [1.54, 1.807) is 11.3 Å². The second-order valence-electron chi connectivity index (χ2n) is 6.14. The van der Waals surface area contributed by atoms with Crippen LogP contribution in [0.2, 0.25) is 0 Å². The maximum atomic E-state index is 12.6. The zero-order valence-corrected chi connectivity index (χ0v) is 18.1. The quantitative estimate of drug-likeness (QED) is 0.447. The lowest BCUT2D eigenvalue weighted by molar-refractivity contribution is -0.122. The molecule has 5 nitrogen and oxygen atoms in total. The van der Waals surface area contributed by atoms with Gasteiger partial charge in [-0.05, 0) is 42.1 Å². The number of carbonyl (C=O) groups excluding carboxylic acids is 2. The summed E-state index contributed by atoms with van der Waals surface area (Å²) in [5, 5.41) is 5.34. The molecular weight excluding hydrogens is 430 g/mol. The molecule has 2 aromatic heterocycles. The summed E-state index contributed by atoms with van der Waals surface area (Å²) in [5.74, 6) is -0.335. The minimum absolute atomic E-state index is 0.147. The highest BCUT2D eigenvalue weighted by molar-refractivity contribution is 8.26. The van der Waals surface area contributed by atoms with Crippen LogP contribution in [0.25, 0.3) is 16.3 Å². The van der Waals surface area contributed by atoms with Gasteiger partial charge in [-0.2, -0.15) is 0 Å². The number of nitrogens with one attached hydrogen (secondary N) is 1. The van der Waals surface area contributed by atoms with E-state index in [1.165, 1.54) is 28.0 Å². The number of hydrogen-bond acceptors (Lipinski definition) is 7. The lowest BCUT2D eigenvalue weighted by Crippen LogP contribution is -2.31. The Balaban J connectivity index is 1.37. The fourth-order valence-electron chi connectivity index (χ4n) is 2.68. The first-order chi connectivity index (χ1) is 13.5. The summed E-state index contributed by atoms with van der Waals surface area (Å²) in [6.07, 6.45) is 2.00. The molecule has 2 amide bonds. The number of thiazole rings is 1. The van der Waals surface area contributed by atoms with Crippen molar-refractivity contribution in [3.05, 3.63) is 51.1 Å². The predicted octanol–water partition coefficient (Wildman–Crippen LogP) is 4.90. The van der Waals surface area contributed by atoms with Gasteiger partial charge in [-0.1, -0.05) is 47.4 Å². The lowest BCUT2D eigenvalue weighted by atomic mass is 10.2. The van der Waals surface area contributed by atoms with Crippen LogP contribution in [0, 0.1) is 6.92 Å². The number of aryl methyl sites for hydroxylation is 1. The van der Waals surface area contributed by atoms with Crippen LogP contribution in [-0.4, -0.2) is 32.6 Å². The van der Waals surface area contributed by atoms with Crippen molar-refractivity contribution in [3.8, 4) is 0 Å². The molecule has 1 saturated heterocycles. The minimum atomic E-state index is -0.188. The first kappa shape index (κ1) is 19.3. The molecule has 1 aliphatic heterocycles. The van der Waals surface area contributed by atoms with E-state index in [4.69, 9.17) is 12.2 Å². The molecule has 3 aromatic rings. The Morgan fingerprint density at radius 3 is 3.00 bits per heavy atom. The molecule has 1 N–H and O–H groups in total. The van der Waals surface area contributed by atoms with Crippen LogP contribution in [0.4, 0.5) is 5.13 Å². The van der Waals surface area contributed by atoms with E-state index in [0.29, 0.717) is 14.4 Å². The molecule has 4 rings (SSSR count). The van der Waals surface area contributed by atoms with Crippen molar-refractivity contribution in [1.82, 2.24) is 9.88 Å². The molecule has 1 aliphatic rings. The van der Waals surface area contributed by atoms with Crippen molar-refractivity contribution in [3.63, 3.8) is 0 Å². The smallest absolute Gasteiger partial charge is 0.266 e. The topological polar surface area (TPSA) is 62.3 Å². The monoisotopic (exact) mass is 445 g/mol. The highest BCUT2D eigenvalue weighted by atomic mass is 32.2. The van der Waals surface area contributed by atoms with Crippen LogP contribution in [0.3, 0.4) is 0 Å². The van der Waals surface area contributed by atoms with E-state index in [1.807, 2.05) is 48.7 Å². The van der Waals surface area contributed by atoms with Crippen LogP contribution in [0.15, 0.2) is 40.6 Å². The van der Waals surface area contributed by atoms with Gasteiger partial charge in [-0.25, -0.2) is 4.98 Å². The Hall–Kier alpha value is -2.07. The van der Waals surface area contributed by atoms with Gasteiger partial charge in [0.1, 0.15) is 4.32 Å². The number of carbonyl (C=O) groups is 2. The molecule has 1 fully saturated rings. The Morgan fingerprint density at radius 2 is 2.21 bits per heavy atom. The molecule has 28 heavy (non-hydrogen) atoms. The van der Waals surface area contributed by atoms with Gasteiger partial charge in [0.25, 0.3) is 5.91 Å². The van der Waals surface area contributed by atoms with Gasteiger partial charge in [-0.15, -0.1) is 11.3 Å². The number of anilines is 1. The van der Waals surface area contributed by atoms with Crippen molar-refractivity contribution in [2.75, 3.05) is 11.9 Å². The van der Waals surface area contributed by atoms with Crippen molar-refractivity contribution in [1.29, 1.82) is 0 Å². The van der Waals surface area contributed by atoms with E-state index in [0.717, 1.165) is 20.7 Å². The number of benzene rings is 1. The first-order valence-electron chi connectivity index (χ1n) is 8.45. The summed E-state index contributed by atoms with van der Waals surface area (Å²) in [4.78, 5) is 32.4. The number of aromatic nitrogens is 1. The van der Waals surface area contributed by atoms with E-state index < -0.39 is 0 Å². The van der Waals surface area contributed by atoms with Crippen LogP contribution >= 0.6 is 46.7 Å². The van der Waals surface area contributed by atoms with Gasteiger partial charge < -0.3 is 5.32 Å². The number of nitrogens with zero attached hydrogens (tertiary/aromatic N) is 2. The molecule has 0 radical (unpaired) electrons. The summed E-state index contributed by atoms with van der Waals surface area (Å²) in [6.45, 7) is 2.27. The summed E-state index contributed by atoms with van der Waals surface area (Å²) in [5.41, 5.74) is 2.01. The van der Waals surface area contributed by atoms with Gasteiger partial charge in [0, 0.05) is 17.8 Å². The SMILES string of the molecule is Cc1ccc2nc(NC(=O)CCN3C(=O)/C(=C/c4cccs4)SC3=S)sc2c1. The molecule has 1 aromatic carbocycles. The number of fused-ring (bicyclic) bond motifs is 1. The molecule has 0 bridgehead atoms.